The standard InChI is InChI=1S/C24H25N3O8/c1-26-22(29)18(21(25)27(24(26)31)12-14-8-6-5-7-9-14)16(28)13-35-23(30)15-10-11-17(32-2)20(34-4)19(15)33-3/h5-11H,12-13,25H2,1-4H3. The van der Waals surface area contributed by atoms with Crippen LogP contribution in [0.3, 0.4) is 0 Å². The Bertz CT molecular complexity index is 1380. The Morgan fingerprint density at radius 1 is 0.914 bits per heavy atom. The van der Waals surface area contributed by atoms with Crippen LogP contribution in [-0.4, -0.2) is 48.8 Å². The predicted octanol–water partition coefficient (Wildman–Crippen LogP) is 1.24. The van der Waals surface area contributed by atoms with Crippen LogP contribution in [0, 0.1) is 0 Å². The van der Waals surface area contributed by atoms with Gasteiger partial charge in [-0.05, 0) is 17.7 Å². The first-order valence-electron chi connectivity index (χ1n) is 10.4. The van der Waals surface area contributed by atoms with Crippen molar-refractivity contribution in [2.24, 2.45) is 7.05 Å². The van der Waals surface area contributed by atoms with Crippen LogP contribution in [0.2, 0.25) is 0 Å². The molecule has 2 N–H and O–H groups in total. The van der Waals surface area contributed by atoms with Gasteiger partial charge >= 0.3 is 11.7 Å². The molecule has 0 bridgehead atoms. The maximum atomic E-state index is 12.9. The number of nitrogens with two attached hydrogens (primary N) is 1. The van der Waals surface area contributed by atoms with E-state index in [0.717, 1.165) is 14.7 Å². The van der Waals surface area contributed by atoms with Gasteiger partial charge in [0.2, 0.25) is 11.5 Å². The van der Waals surface area contributed by atoms with Crippen molar-refractivity contribution in [3.05, 3.63) is 80.0 Å². The summed E-state index contributed by atoms with van der Waals surface area (Å²) in [5.74, 6) is -1.53. The lowest BCUT2D eigenvalue weighted by Crippen LogP contribution is -2.43. The Hall–Kier alpha value is -4.54. The van der Waals surface area contributed by atoms with Gasteiger partial charge in [0.05, 0.1) is 27.9 Å². The number of hydrogen-bond acceptors (Lipinski definition) is 9. The quantitative estimate of drug-likeness (QED) is 0.351. The minimum absolute atomic E-state index is 0.0205. The molecule has 0 aliphatic heterocycles. The first kappa shape index (κ1) is 25.1. The summed E-state index contributed by atoms with van der Waals surface area (Å²) < 4.78 is 22.7. The van der Waals surface area contributed by atoms with Gasteiger partial charge in [0.1, 0.15) is 16.9 Å². The molecular weight excluding hydrogens is 458 g/mol. The van der Waals surface area contributed by atoms with Gasteiger partial charge in [-0.15, -0.1) is 0 Å². The molecule has 3 aromatic rings. The highest BCUT2D eigenvalue weighted by atomic mass is 16.5. The largest absolute Gasteiger partial charge is 0.493 e. The van der Waals surface area contributed by atoms with E-state index in [1.165, 1.54) is 40.5 Å². The fourth-order valence-corrected chi connectivity index (χ4v) is 3.51. The number of rotatable bonds is 9. The first-order valence-corrected chi connectivity index (χ1v) is 10.4. The van der Waals surface area contributed by atoms with Crippen molar-refractivity contribution in [1.29, 1.82) is 0 Å². The molecule has 0 atom stereocenters. The van der Waals surface area contributed by atoms with E-state index < -0.39 is 35.2 Å². The maximum absolute atomic E-state index is 12.9. The molecule has 11 heteroatoms. The van der Waals surface area contributed by atoms with Crippen LogP contribution in [0.25, 0.3) is 0 Å². The van der Waals surface area contributed by atoms with Crippen LogP contribution in [0.15, 0.2) is 52.1 Å². The van der Waals surface area contributed by atoms with Crippen molar-refractivity contribution in [3.8, 4) is 17.2 Å². The molecule has 0 spiro atoms. The van der Waals surface area contributed by atoms with Crippen molar-refractivity contribution in [1.82, 2.24) is 9.13 Å². The van der Waals surface area contributed by atoms with Gasteiger partial charge in [0.25, 0.3) is 5.56 Å². The molecule has 2 aromatic carbocycles. The molecule has 0 aliphatic carbocycles. The van der Waals surface area contributed by atoms with Crippen molar-refractivity contribution < 1.29 is 28.5 Å². The van der Waals surface area contributed by atoms with Gasteiger partial charge in [0, 0.05) is 7.05 Å². The number of esters is 1. The van der Waals surface area contributed by atoms with E-state index in [9.17, 15) is 19.2 Å². The van der Waals surface area contributed by atoms with Gasteiger partial charge < -0.3 is 24.7 Å². The molecule has 0 amide bonds. The molecule has 0 saturated heterocycles. The van der Waals surface area contributed by atoms with E-state index >= 15 is 0 Å². The summed E-state index contributed by atoms with van der Waals surface area (Å²) in [5, 5.41) is 0. The van der Waals surface area contributed by atoms with Gasteiger partial charge in [-0.2, -0.15) is 0 Å². The van der Waals surface area contributed by atoms with E-state index in [-0.39, 0.29) is 29.4 Å². The van der Waals surface area contributed by atoms with Crippen LogP contribution in [0.1, 0.15) is 26.3 Å². The number of Topliss-reactive ketones (excluding diaryl/α,β-unsaturated/α-hetero) is 1. The van der Waals surface area contributed by atoms with Crippen molar-refractivity contribution in [2.45, 2.75) is 6.54 Å². The number of aromatic nitrogens is 2. The molecule has 0 saturated carbocycles. The van der Waals surface area contributed by atoms with E-state index in [0.29, 0.717) is 5.75 Å². The number of hydrogen-bond donors (Lipinski definition) is 1. The molecule has 35 heavy (non-hydrogen) atoms. The lowest BCUT2D eigenvalue weighted by Gasteiger charge is -2.16. The zero-order valence-corrected chi connectivity index (χ0v) is 19.7. The fraction of sp³-hybridized carbons (Fsp3) is 0.250. The van der Waals surface area contributed by atoms with E-state index in [4.69, 9.17) is 24.7 Å². The van der Waals surface area contributed by atoms with E-state index in [1.54, 1.807) is 24.3 Å². The number of ether oxygens (including phenoxy) is 4. The van der Waals surface area contributed by atoms with Crippen LogP contribution in [0.5, 0.6) is 17.2 Å². The third-order valence-corrected chi connectivity index (χ3v) is 5.30. The lowest BCUT2D eigenvalue weighted by molar-refractivity contribution is 0.0470. The molecule has 0 unspecified atom stereocenters. The molecule has 0 radical (unpaired) electrons. The van der Waals surface area contributed by atoms with Gasteiger partial charge in [0.15, 0.2) is 18.1 Å². The number of anilines is 1. The molecular formula is C24H25N3O8. The Labute approximate surface area is 200 Å². The average molecular weight is 483 g/mol. The van der Waals surface area contributed by atoms with Crippen LogP contribution in [0.4, 0.5) is 5.82 Å². The molecule has 0 aliphatic rings. The van der Waals surface area contributed by atoms with Crippen LogP contribution < -0.4 is 31.2 Å². The topological polar surface area (TPSA) is 141 Å². The summed E-state index contributed by atoms with van der Waals surface area (Å²) in [7, 11) is 5.38. The van der Waals surface area contributed by atoms with Gasteiger partial charge in [-0.25, -0.2) is 9.59 Å². The monoisotopic (exact) mass is 483 g/mol. The van der Waals surface area contributed by atoms with Gasteiger partial charge in [-0.3, -0.25) is 18.7 Å². The Morgan fingerprint density at radius 3 is 2.17 bits per heavy atom. The Morgan fingerprint density at radius 2 is 1.57 bits per heavy atom. The number of ketones is 1. The summed E-state index contributed by atoms with van der Waals surface area (Å²) in [6.45, 7) is -0.748. The lowest BCUT2D eigenvalue weighted by atomic mass is 10.1. The first-order chi connectivity index (χ1) is 16.7. The number of benzene rings is 2. The molecule has 1 heterocycles. The van der Waals surface area contributed by atoms with Crippen molar-refractivity contribution >= 4 is 17.6 Å². The number of methoxy groups -OCH3 is 3. The highest BCUT2D eigenvalue weighted by Gasteiger charge is 2.25. The SMILES string of the molecule is COc1ccc(C(=O)OCC(=O)c2c(N)n(Cc3ccccc3)c(=O)n(C)c2=O)c(OC)c1OC. The Balaban J connectivity index is 1.90. The normalized spacial score (nSPS) is 10.5. The Kier molecular flexibility index (Phi) is 7.59. The molecule has 3 rings (SSSR count). The zero-order chi connectivity index (χ0) is 25.7. The van der Waals surface area contributed by atoms with E-state index in [2.05, 4.69) is 0 Å². The summed E-state index contributed by atoms with van der Waals surface area (Å²) in [4.78, 5) is 50.9. The highest BCUT2D eigenvalue weighted by molar-refractivity contribution is 6.02. The van der Waals surface area contributed by atoms with Gasteiger partial charge in [-0.1, -0.05) is 30.3 Å². The highest BCUT2D eigenvalue weighted by Crippen LogP contribution is 2.39. The second-order valence-corrected chi connectivity index (χ2v) is 7.36. The predicted molar refractivity (Wildman–Crippen MR) is 127 cm³/mol. The second-order valence-electron chi connectivity index (χ2n) is 7.36. The minimum atomic E-state index is -0.899. The van der Waals surface area contributed by atoms with Crippen molar-refractivity contribution in [2.75, 3.05) is 33.7 Å². The zero-order valence-electron chi connectivity index (χ0n) is 19.7. The maximum Gasteiger partial charge on any atom is 0.342 e. The number of nitrogen functional groups attached to an aromatic ring is 1. The molecule has 0 fully saturated rings. The second kappa shape index (κ2) is 10.6. The third kappa shape index (κ3) is 4.88. The smallest absolute Gasteiger partial charge is 0.342 e. The van der Waals surface area contributed by atoms with E-state index in [1.807, 2.05) is 6.07 Å². The third-order valence-electron chi connectivity index (χ3n) is 5.30. The summed E-state index contributed by atoms with van der Waals surface area (Å²) >= 11 is 0. The van der Waals surface area contributed by atoms with Crippen LogP contribution >= 0.6 is 0 Å². The van der Waals surface area contributed by atoms with Crippen LogP contribution in [-0.2, 0) is 18.3 Å². The molecule has 184 valence electrons. The molecule has 11 nitrogen and oxygen atoms in total. The number of carbonyl (C=O) groups is 2. The average Bonchev–Trinajstić information content (AvgIpc) is 2.88. The molecule has 1 aromatic heterocycles. The van der Waals surface area contributed by atoms with Crippen molar-refractivity contribution in [3.63, 3.8) is 0 Å². The summed E-state index contributed by atoms with van der Waals surface area (Å²) in [5.41, 5.74) is 4.78. The fourth-order valence-electron chi connectivity index (χ4n) is 3.51. The summed E-state index contributed by atoms with van der Waals surface area (Å²) in [6.07, 6.45) is 0. The number of nitrogens with zero attached hydrogens (tertiary/aromatic N) is 2. The summed E-state index contributed by atoms with van der Waals surface area (Å²) in [6, 6.07) is 11.8. The number of carbonyl (C=O) groups excluding carboxylic acids is 2. The minimum Gasteiger partial charge on any atom is -0.493 e.